The first-order valence-corrected chi connectivity index (χ1v) is 14.3. The molecule has 0 atom stereocenters. The van der Waals surface area contributed by atoms with E-state index in [1.165, 1.54) is 25.0 Å². The van der Waals surface area contributed by atoms with Crippen molar-refractivity contribution in [3.63, 3.8) is 0 Å². The van der Waals surface area contributed by atoms with E-state index in [0.717, 1.165) is 59.8 Å². The quantitative estimate of drug-likeness (QED) is 0.154. The fraction of sp³-hybridized carbons (Fsp3) is 0.455. The van der Waals surface area contributed by atoms with Crippen LogP contribution >= 0.6 is 0 Å². The Kier molecular flexibility index (Phi) is 16.0. The molecular formula is C33H44F2O5. The summed E-state index contributed by atoms with van der Waals surface area (Å²) in [5.41, 5.74) is 2.49. The van der Waals surface area contributed by atoms with Crippen molar-refractivity contribution in [3.05, 3.63) is 66.2 Å². The molecule has 0 fully saturated rings. The zero-order valence-electron chi connectivity index (χ0n) is 24.3. The smallest absolute Gasteiger partial charge is 0.172 e. The van der Waals surface area contributed by atoms with Gasteiger partial charge in [-0.3, -0.25) is 4.94 Å². The minimum atomic E-state index is -0.470. The molecule has 3 aromatic rings. The van der Waals surface area contributed by atoms with Crippen LogP contribution in [-0.4, -0.2) is 26.4 Å². The summed E-state index contributed by atoms with van der Waals surface area (Å²) < 4.78 is 47.8. The van der Waals surface area contributed by atoms with E-state index in [0.29, 0.717) is 32.0 Å². The lowest BCUT2D eigenvalue weighted by molar-refractivity contribution is -0.00626. The Balaban J connectivity index is 0.000000337. The zero-order valence-corrected chi connectivity index (χ0v) is 24.3. The lowest BCUT2D eigenvalue weighted by Crippen LogP contribution is -2.04. The van der Waals surface area contributed by atoms with E-state index in [1.807, 2.05) is 24.3 Å². The number of ether oxygens (including phenoxy) is 4. The molecular weight excluding hydrogens is 514 g/mol. The second-order valence-electron chi connectivity index (χ2n) is 9.27. The summed E-state index contributed by atoms with van der Waals surface area (Å²) in [5, 5.41) is 0. The third-order valence-corrected chi connectivity index (χ3v) is 5.76. The molecule has 0 amide bonds. The maximum atomic E-state index is 12.9. The number of benzene rings is 3. The van der Waals surface area contributed by atoms with Gasteiger partial charge in [-0.25, -0.2) is 4.39 Å². The summed E-state index contributed by atoms with van der Waals surface area (Å²) in [5.74, 6) is 3.17. The van der Waals surface area contributed by atoms with Crippen LogP contribution in [0.15, 0.2) is 60.7 Å². The zero-order chi connectivity index (χ0) is 29.0. The molecule has 0 radical (unpaired) electrons. The van der Waals surface area contributed by atoms with Crippen molar-refractivity contribution in [2.75, 3.05) is 26.4 Å². The Morgan fingerprint density at radius 3 is 1.57 bits per heavy atom. The van der Waals surface area contributed by atoms with Crippen molar-refractivity contribution < 1.29 is 32.8 Å². The van der Waals surface area contributed by atoms with Crippen molar-refractivity contribution in [2.45, 2.75) is 72.9 Å². The highest BCUT2D eigenvalue weighted by atomic mass is 19.3. The molecule has 3 rings (SSSR count). The summed E-state index contributed by atoms with van der Waals surface area (Å²) >= 11 is 0. The van der Waals surface area contributed by atoms with E-state index in [2.05, 4.69) is 32.6 Å². The van der Waals surface area contributed by atoms with Gasteiger partial charge < -0.3 is 18.9 Å². The Labute approximate surface area is 238 Å². The molecule has 0 unspecified atom stereocenters. The number of rotatable bonds is 17. The molecule has 40 heavy (non-hydrogen) atoms. The van der Waals surface area contributed by atoms with Crippen molar-refractivity contribution in [3.8, 4) is 39.9 Å². The normalized spacial score (nSPS) is 10.3. The van der Waals surface area contributed by atoms with Gasteiger partial charge >= 0.3 is 0 Å². The molecule has 0 aliphatic rings. The molecule has 0 N–H and O–H groups in total. The number of halogens is 2. The molecule has 3 aromatic carbocycles. The maximum Gasteiger partial charge on any atom is 0.172 e. The summed E-state index contributed by atoms with van der Waals surface area (Å²) in [6.45, 7) is 10.5. The van der Waals surface area contributed by atoms with Crippen molar-refractivity contribution in [1.29, 1.82) is 0 Å². The van der Waals surface area contributed by atoms with Crippen LogP contribution in [0.3, 0.4) is 0 Å². The first-order chi connectivity index (χ1) is 19.6. The first-order valence-electron chi connectivity index (χ1n) is 14.3. The number of unbranched alkanes of at least 4 members (excludes halogenated alkanes) is 2. The van der Waals surface area contributed by atoms with E-state index in [4.69, 9.17) is 18.9 Å². The largest absolute Gasteiger partial charge is 0.494 e. The highest BCUT2D eigenvalue weighted by molar-refractivity contribution is 5.78. The lowest BCUT2D eigenvalue weighted by atomic mass is 10.0. The van der Waals surface area contributed by atoms with Crippen LogP contribution in [0.5, 0.6) is 28.7 Å². The van der Waals surface area contributed by atoms with Gasteiger partial charge in [-0.2, -0.15) is 0 Å². The topological polar surface area (TPSA) is 46.2 Å². The van der Waals surface area contributed by atoms with E-state index in [-0.39, 0.29) is 5.75 Å². The maximum absolute atomic E-state index is 12.9. The Morgan fingerprint density at radius 2 is 1.07 bits per heavy atom. The SMILES string of the molecule is CCCCCOc1ccc(OF)cc1.CCCOc1cc(OCCC)c(-c2ccc(CF)cc2)c(OCCC)c1. The van der Waals surface area contributed by atoms with Crippen molar-refractivity contribution in [1.82, 2.24) is 0 Å². The number of hydrogen-bond acceptors (Lipinski definition) is 5. The van der Waals surface area contributed by atoms with Crippen LogP contribution in [0.25, 0.3) is 11.1 Å². The van der Waals surface area contributed by atoms with Crippen molar-refractivity contribution >= 4 is 0 Å². The van der Waals surface area contributed by atoms with E-state index in [1.54, 1.807) is 24.3 Å². The van der Waals surface area contributed by atoms with Crippen LogP contribution in [0.1, 0.15) is 71.8 Å². The van der Waals surface area contributed by atoms with Gasteiger partial charge in [-0.15, -0.1) is 0 Å². The van der Waals surface area contributed by atoms with E-state index < -0.39 is 6.67 Å². The molecule has 7 heteroatoms. The van der Waals surface area contributed by atoms with E-state index in [9.17, 15) is 8.92 Å². The van der Waals surface area contributed by atoms with Gasteiger partial charge in [-0.05, 0) is 61.1 Å². The standard InChI is InChI=1S/C22H29FO3.C11H15FO2/c1-4-11-24-19-14-20(25-12-5-2)22(21(15-19)26-13-6-3)18-9-7-17(16-23)8-10-18;1-2-3-4-9-13-10-5-7-11(14-12)8-6-10/h7-10,14-15H,4-6,11-13,16H2,1-3H3;5-8H,2-4,9H2,1H3. The van der Waals surface area contributed by atoms with Gasteiger partial charge in [0.25, 0.3) is 0 Å². The second-order valence-corrected chi connectivity index (χ2v) is 9.27. The van der Waals surface area contributed by atoms with Crippen LogP contribution in [0.2, 0.25) is 0 Å². The molecule has 220 valence electrons. The van der Waals surface area contributed by atoms with Gasteiger partial charge in [0.15, 0.2) is 5.75 Å². The Hall–Kier alpha value is -3.48. The average Bonchev–Trinajstić information content (AvgIpc) is 3.00. The predicted molar refractivity (Wildman–Crippen MR) is 157 cm³/mol. The highest BCUT2D eigenvalue weighted by Crippen LogP contribution is 2.42. The molecule has 0 heterocycles. The van der Waals surface area contributed by atoms with Crippen LogP contribution < -0.4 is 23.9 Å². The minimum Gasteiger partial charge on any atom is -0.494 e. The van der Waals surface area contributed by atoms with E-state index >= 15 is 0 Å². The van der Waals surface area contributed by atoms with Gasteiger partial charge in [-0.1, -0.05) is 64.8 Å². The number of alkyl halides is 1. The Bertz CT molecular complexity index is 1040. The molecule has 0 aliphatic carbocycles. The molecule has 0 aliphatic heterocycles. The summed E-state index contributed by atoms with van der Waals surface area (Å²) in [4.78, 5) is 3.56. The molecule has 5 nitrogen and oxygen atoms in total. The third kappa shape index (κ3) is 11.3. The monoisotopic (exact) mass is 558 g/mol. The van der Waals surface area contributed by atoms with Crippen LogP contribution in [0, 0.1) is 0 Å². The van der Waals surface area contributed by atoms with Gasteiger partial charge in [0.05, 0.1) is 32.0 Å². The van der Waals surface area contributed by atoms with Gasteiger partial charge in [0.1, 0.15) is 29.7 Å². The van der Waals surface area contributed by atoms with Gasteiger partial charge in [0.2, 0.25) is 0 Å². The molecule has 0 saturated carbocycles. The third-order valence-electron chi connectivity index (χ3n) is 5.76. The average molecular weight is 559 g/mol. The highest BCUT2D eigenvalue weighted by Gasteiger charge is 2.17. The predicted octanol–water partition coefficient (Wildman–Crippen LogP) is 9.71. The number of hydrogen-bond donors (Lipinski definition) is 0. The minimum absolute atomic E-state index is 0.200. The molecule has 0 aromatic heterocycles. The van der Waals surface area contributed by atoms with Crippen molar-refractivity contribution in [2.24, 2.45) is 0 Å². The second kappa shape index (κ2) is 19.6. The molecule has 0 spiro atoms. The fourth-order valence-electron chi connectivity index (χ4n) is 3.70. The molecule has 0 saturated heterocycles. The first kappa shape index (κ1) is 32.7. The molecule has 0 bridgehead atoms. The van der Waals surface area contributed by atoms with Crippen LogP contribution in [-0.2, 0) is 6.67 Å². The fourth-order valence-corrected chi connectivity index (χ4v) is 3.70. The summed E-state index contributed by atoms with van der Waals surface area (Å²) in [7, 11) is 0. The van der Waals surface area contributed by atoms with Gasteiger partial charge in [0, 0.05) is 16.7 Å². The summed E-state index contributed by atoms with van der Waals surface area (Å²) in [6.07, 6.45) is 6.15. The lowest BCUT2D eigenvalue weighted by Gasteiger charge is -2.18. The summed E-state index contributed by atoms with van der Waals surface area (Å²) in [6, 6.07) is 17.7. The van der Waals surface area contributed by atoms with Crippen LogP contribution in [0.4, 0.5) is 8.92 Å². The Morgan fingerprint density at radius 1 is 0.550 bits per heavy atom.